The summed E-state index contributed by atoms with van der Waals surface area (Å²) in [6.45, 7) is 4.08. The number of ether oxygens (including phenoxy) is 1. The van der Waals surface area contributed by atoms with Crippen LogP contribution in [0.1, 0.15) is 24.0 Å². The minimum atomic E-state index is -3.44. The Kier molecular flexibility index (Phi) is 6.24. The predicted octanol–water partition coefficient (Wildman–Crippen LogP) is 3.55. The molecule has 0 unspecified atom stereocenters. The third-order valence-corrected chi connectivity index (χ3v) is 7.78. The highest BCUT2D eigenvalue weighted by Crippen LogP contribution is 2.22. The average molecular weight is 433 g/mol. The molecule has 1 aromatic heterocycles. The first kappa shape index (κ1) is 21.3. The third kappa shape index (κ3) is 4.76. The highest BCUT2D eigenvalue weighted by molar-refractivity contribution is 7.91. The normalized spacial score (nSPS) is 12.5. The molecule has 0 atom stereocenters. The molecule has 0 aliphatic heterocycles. The Morgan fingerprint density at radius 1 is 1.17 bits per heavy atom. The van der Waals surface area contributed by atoms with Crippen LogP contribution in [-0.4, -0.2) is 31.8 Å². The molecule has 3 rings (SSSR count). The molecule has 1 amide bonds. The Labute approximate surface area is 174 Å². The molecule has 8 heteroatoms. The number of hydrogen-bond acceptors (Lipinski definition) is 5. The Balaban J connectivity index is 1.70. The first-order valence-electron chi connectivity index (χ1n) is 9.22. The van der Waals surface area contributed by atoms with Crippen molar-refractivity contribution in [1.29, 1.82) is 0 Å². The van der Waals surface area contributed by atoms with E-state index in [-0.39, 0.29) is 29.4 Å². The number of nitrogens with zero attached hydrogens (tertiary/aromatic N) is 2. The fraction of sp³-hybridized carbons (Fsp3) is 0.333. The van der Waals surface area contributed by atoms with E-state index < -0.39 is 9.84 Å². The Hall–Kier alpha value is -2.45. The number of methoxy groups -OCH3 is 1. The van der Waals surface area contributed by atoms with Crippen molar-refractivity contribution >= 4 is 37.3 Å². The average Bonchev–Trinajstić information content (AvgIpc) is 2.98. The summed E-state index contributed by atoms with van der Waals surface area (Å²) in [7, 11) is -0.0326. The largest absolute Gasteiger partial charge is 0.497 e. The van der Waals surface area contributed by atoms with Gasteiger partial charge in [-0.1, -0.05) is 17.4 Å². The van der Waals surface area contributed by atoms with E-state index in [1.165, 1.54) is 30.6 Å². The molecule has 0 aliphatic rings. The Bertz CT molecular complexity index is 1220. The maximum absolute atomic E-state index is 12.4. The maximum atomic E-state index is 12.4. The van der Waals surface area contributed by atoms with Gasteiger partial charge in [-0.15, -0.1) is 0 Å². The van der Waals surface area contributed by atoms with Gasteiger partial charge >= 0.3 is 0 Å². The van der Waals surface area contributed by atoms with Gasteiger partial charge in [0.15, 0.2) is 14.6 Å². The fourth-order valence-electron chi connectivity index (χ4n) is 3.15. The third-order valence-electron chi connectivity index (χ3n) is 4.68. The molecule has 3 aromatic rings. The lowest BCUT2D eigenvalue weighted by Gasteiger charge is -2.05. The van der Waals surface area contributed by atoms with Gasteiger partial charge in [0, 0.05) is 13.5 Å². The maximum Gasteiger partial charge on any atom is 0.248 e. The molecule has 0 spiro atoms. The number of benzene rings is 2. The SMILES string of the molecule is COc1ccc(S(=O)(=O)CCCC(=O)N=c2sc3c(C)cc(C)cc3n2C)cc1. The van der Waals surface area contributed by atoms with Crippen LogP contribution in [-0.2, 0) is 21.7 Å². The first-order chi connectivity index (χ1) is 13.7. The Morgan fingerprint density at radius 3 is 2.52 bits per heavy atom. The number of carbonyl (C=O) groups is 1. The van der Waals surface area contributed by atoms with Gasteiger partial charge in [-0.3, -0.25) is 4.79 Å². The summed E-state index contributed by atoms with van der Waals surface area (Å²) in [5.74, 6) is 0.184. The quantitative estimate of drug-likeness (QED) is 0.597. The topological polar surface area (TPSA) is 77.7 Å². The van der Waals surface area contributed by atoms with Crippen LogP contribution < -0.4 is 9.54 Å². The molecule has 0 saturated heterocycles. The van der Waals surface area contributed by atoms with Gasteiger partial charge < -0.3 is 9.30 Å². The van der Waals surface area contributed by atoms with E-state index in [9.17, 15) is 13.2 Å². The first-order valence-corrected chi connectivity index (χ1v) is 11.7. The van der Waals surface area contributed by atoms with Crippen molar-refractivity contribution in [2.75, 3.05) is 12.9 Å². The van der Waals surface area contributed by atoms with Crippen molar-refractivity contribution in [3.63, 3.8) is 0 Å². The number of carbonyl (C=O) groups excluding carboxylic acids is 1. The van der Waals surface area contributed by atoms with Gasteiger partial charge in [0.05, 0.1) is 28.0 Å². The van der Waals surface area contributed by atoms with E-state index in [1.54, 1.807) is 12.1 Å². The molecule has 0 radical (unpaired) electrons. The molecule has 0 saturated carbocycles. The minimum Gasteiger partial charge on any atom is -0.497 e. The van der Waals surface area contributed by atoms with Crippen LogP contribution in [0, 0.1) is 13.8 Å². The van der Waals surface area contributed by atoms with E-state index in [2.05, 4.69) is 17.1 Å². The van der Waals surface area contributed by atoms with Gasteiger partial charge in [-0.25, -0.2) is 8.42 Å². The van der Waals surface area contributed by atoms with Crippen molar-refractivity contribution in [2.24, 2.45) is 12.0 Å². The molecule has 2 aromatic carbocycles. The number of thiazole rings is 1. The van der Waals surface area contributed by atoms with Crippen molar-refractivity contribution in [3.8, 4) is 5.75 Å². The van der Waals surface area contributed by atoms with Crippen molar-refractivity contribution < 1.29 is 17.9 Å². The van der Waals surface area contributed by atoms with E-state index in [1.807, 2.05) is 25.5 Å². The summed E-state index contributed by atoms with van der Waals surface area (Å²) in [5.41, 5.74) is 3.35. The minimum absolute atomic E-state index is 0.0850. The lowest BCUT2D eigenvalue weighted by atomic mass is 10.1. The van der Waals surface area contributed by atoms with Gasteiger partial charge in [0.2, 0.25) is 5.91 Å². The number of amides is 1. The standard InChI is InChI=1S/C21H24N2O4S2/c1-14-12-15(2)20-18(13-14)23(3)21(28-20)22-19(24)6-5-11-29(25,26)17-9-7-16(27-4)8-10-17/h7-10,12-13H,5-6,11H2,1-4H3. The fourth-order valence-corrected chi connectivity index (χ4v) is 5.55. The van der Waals surface area contributed by atoms with Crippen molar-refractivity contribution in [3.05, 3.63) is 52.3 Å². The van der Waals surface area contributed by atoms with Crippen LogP contribution in [0.25, 0.3) is 10.2 Å². The molecular weight excluding hydrogens is 408 g/mol. The number of sulfone groups is 1. The molecule has 1 heterocycles. The van der Waals surface area contributed by atoms with Crippen LogP contribution in [0.4, 0.5) is 0 Å². The summed E-state index contributed by atoms with van der Waals surface area (Å²) in [4.78, 5) is 17.4. The van der Waals surface area contributed by atoms with E-state index in [0.29, 0.717) is 10.6 Å². The molecule has 0 fully saturated rings. The Morgan fingerprint density at radius 2 is 1.86 bits per heavy atom. The number of rotatable bonds is 6. The number of fused-ring (bicyclic) bond motifs is 1. The van der Waals surface area contributed by atoms with Crippen LogP contribution in [0.3, 0.4) is 0 Å². The van der Waals surface area contributed by atoms with Gasteiger partial charge in [-0.05, 0) is 61.7 Å². The lowest BCUT2D eigenvalue weighted by Crippen LogP contribution is -2.14. The molecule has 0 bridgehead atoms. The summed E-state index contributed by atoms with van der Waals surface area (Å²) in [5, 5.41) is 0. The highest BCUT2D eigenvalue weighted by Gasteiger charge is 2.15. The summed E-state index contributed by atoms with van der Waals surface area (Å²) < 4.78 is 32.9. The van der Waals surface area contributed by atoms with Crippen LogP contribution in [0.5, 0.6) is 5.75 Å². The molecule has 29 heavy (non-hydrogen) atoms. The van der Waals surface area contributed by atoms with Crippen LogP contribution in [0.15, 0.2) is 46.3 Å². The number of aryl methyl sites for hydroxylation is 3. The number of aromatic nitrogens is 1. The highest BCUT2D eigenvalue weighted by atomic mass is 32.2. The monoisotopic (exact) mass is 432 g/mol. The van der Waals surface area contributed by atoms with Gasteiger partial charge in [-0.2, -0.15) is 4.99 Å². The number of hydrogen-bond donors (Lipinski definition) is 0. The van der Waals surface area contributed by atoms with Crippen LogP contribution >= 0.6 is 11.3 Å². The molecule has 6 nitrogen and oxygen atoms in total. The zero-order chi connectivity index (χ0) is 21.2. The summed E-state index contributed by atoms with van der Waals surface area (Å²) >= 11 is 1.47. The zero-order valence-corrected chi connectivity index (χ0v) is 18.6. The van der Waals surface area contributed by atoms with Gasteiger partial charge in [0.1, 0.15) is 5.75 Å². The second-order valence-corrected chi connectivity index (χ2v) is 10.1. The van der Waals surface area contributed by atoms with Crippen LogP contribution in [0.2, 0.25) is 0 Å². The molecule has 0 aliphatic carbocycles. The predicted molar refractivity (Wildman–Crippen MR) is 115 cm³/mol. The van der Waals surface area contributed by atoms with E-state index in [0.717, 1.165) is 21.3 Å². The molecule has 154 valence electrons. The van der Waals surface area contributed by atoms with Crippen molar-refractivity contribution in [1.82, 2.24) is 4.57 Å². The lowest BCUT2D eigenvalue weighted by molar-refractivity contribution is -0.118. The summed E-state index contributed by atoms with van der Waals surface area (Å²) in [6.07, 6.45) is 0.311. The smallest absolute Gasteiger partial charge is 0.248 e. The van der Waals surface area contributed by atoms with Crippen molar-refractivity contribution in [2.45, 2.75) is 31.6 Å². The van der Waals surface area contributed by atoms with Gasteiger partial charge in [0.25, 0.3) is 0 Å². The van der Waals surface area contributed by atoms with E-state index >= 15 is 0 Å². The molecule has 0 N–H and O–H groups in total. The molecular formula is C21H24N2O4S2. The van der Waals surface area contributed by atoms with E-state index in [4.69, 9.17) is 4.74 Å². The zero-order valence-electron chi connectivity index (χ0n) is 16.9. The second kappa shape index (κ2) is 8.51. The summed E-state index contributed by atoms with van der Waals surface area (Å²) in [6, 6.07) is 10.4. The second-order valence-electron chi connectivity index (χ2n) is 6.98.